The van der Waals surface area contributed by atoms with E-state index in [0.29, 0.717) is 16.6 Å². The summed E-state index contributed by atoms with van der Waals surface area (Å²) in [4.78, 5) is 5.50. The van der Waals surface area contributed by atoms with Crippen molar-refractivity contribution in [2.45, 2.75) is 19.6 Å². The molecule has 0 amide bonds. The highest BCUT2D eigenvalue weighted by molar-refractivity contribution is 7.17. The molecule has 0 aliphatic carbocycles. The molecule has 0 saturated carbocycles. The first-order chi connectivity index (χ1) is 13.2. The molecule has 4 aromatic rings. The molecule has 4 aromatic heterocycles. The minimum absolute atomic E-state index is 0.0955. The molecule has 28 heavy (non-hydrogen) atoms. The summed E-state index contributed by atoms with van der Waals surface area (Å²) < 4.78 is 45.0. The second kappa shape index (κ2) is 6.55. The summed E-state index contributed by atoms with van der Waals surface area (Å²) in [7, 11) is 1.59. The summed E-state index contributed by atoms with van der Waals surface area (Å²) in [5.41, 5.74) is 2.37. The molecule has 0 spiro atoms. The molecule has 0 unspecified atom stereocenters. The summed E-state index contributed by atoms with van der Waals surface area (Å²) in [6, 6.07) is 5.60. The van der Waals surface area contributed by atoms with Crippen LogP contribution in [0.25, 0.3) is 27.2 Å². The van der Waals surface area contributed by atoms with Gasteiger partial charge in [-0.1, -0.05) is 11.3 Å². The maximum atomic E-state index is 12.6. The van der Waals surface area contributed by atoms with Crippen molar-refractivity contribution in [3.8, 4) is 27.2 Å². The number of pyridine rings is 1. The smallest absolute Gasteiger partial charge is 0.408 e. The number of aromatic hydroxyl groups is 1. The van der Waals surface area contributed by atoms with Crippen molar-refractivity contribution < 1.29 is 23.0 Å². The van der Waals surface area contributed by atoms with Crippen molar-refractivity contribution in [1.82, 2.24) is 19.3 Å². The lowest BCUT2D eigenvalue weighted by Gasteiger charge is -2.05. The fraction of sp³-hybridized carbons (Fsp3) is 0.222. The van der Waals surface area contributed by atoms with Gasteiger partial charge in [0, 0.05) is 12.4 Å². The third kappa shape index (κ3) is 3.31. The van der Waals surface area contributed by atoms with E-state index < -0.39 is 12.7 Å². The maximum Gasteiger partial charge on any atom is 0.408 e. The predicted molar refractivity (Wildman–Crippen MR) is 99.2 cm³/mol. The number of aromatic nitrogens is 4. The van der Waals surface area contributed by atoms with Crippen molar-refractivity contribution in [3.63, 3.8) is 0 Å². The Morgan fingerprint density at radius 2 is 2.04 bits per heavy atom. The summed E-state index contributed by atoms with van der Waals surface area (Å²) in [5, 5.41) is 15.6. The maximum absolute atomic E-state index is 12.6. The molecule has 6 nitrogen and oxygen atoms in total. The molecule has 0 atom stereocenters. The van der Waals surface area contributed by atoms with Crippen LogP contribution < -0.4 is 4.74 Å². The van der Waals surface area contributed by atoms with Gasteiger partial charge in [0.15, 0.2) is 5.06 Å². The first-order valence-corrected chi connectivity index (χ1v) is 9.02. The summed E-state index contributed by atoms with van der Waals surface area (Å²) >= 11 is 1.45. The minimum atomic E-state index is -4.37. The number of methoxy groups -OCH3 is 1. The topological polar surface area (TPSA) is 65.1 Å². The van der Waals surface area contributed by atoms with Crippen LogP contribution in [-0.2, 0) is 6.54 Å². The second-order valence-corrected chi connectivity index (χ2v) is 7.29. The number of thiophene rings is 1. The number of alkyl halides is 3. The quantitative estimate of drug-likeness (QED) is 0.539. The minimum Gasteiger partial charge on any atom is -0.494 e. The zero-order chi connectivity index (χ0) is 20.1. The van der Waals surface area contributed by atoms with Crippen LogP contribution in [0.5, 0.6) is 10.9 Å². The van der Waals surface area contributed by atoms with Gasteiger partial charge in [0.2, 0.25) is 5.88 Å². The largest absolute Gasteiger partial charge is 0.494 e. The van der Waals surface area contributed by atoms with Crippen LogP contribution in [-0.4, -0.2) is 37.7 Å². The Labute approximate surface area is 161 Å². The molecule has 0 radical (unpaired) electrons. The number of ether oxygens (including phenoxy) is 1. The molecular formula is C18H15F3N4O2S. The number of nitrogens with zero attached hydrogens (tertiary/aromatic N) is 4. The Morgan fingerprint density at radius 1 is 1.25 bits per heavy atom. The zero-order valence-electron chi connectivity index (χ0n) is 14.9. The standard InChI is InChI=1S/C18H15F3N4O2S/c1-10-5-12(14-3-4-15(27-2)28-14)23-13-8-25(17(26)16(10)13)11-6-22-24(7-11)9-18(19,20)21/h3-8,26H,9H2,1-2H3. The van der Waals surface area contributed by atoms with E-state index in [9.17, 15) is 18.3 Å². The van der Waals surface area contributed by atoms with Crippen LogP contribution in [0.1, 0.15) is 5.56 Å². The van der Waals surface area contributed by atoms with Gasteiger partial charge in [0.25, 0.3) is 0 Å². The first-order valence-electron chi connectivity index (χ1n) is 8.20. The van der Waals surface area contributed by atoms with Crippen molar-refractivity contribution in [2.75, 3.05) is 7.11 Å². The predicted octanol–water partition coefficient (Wildman–Crippen LogP) is 4.54. The average molecular weight is 408 g/mol. The molecule has 0 aliphatic heterocycles. The summed E-state index contributed by atoms with van der Waals surface area (Å²) in [6.07, 6.45) is -0.292. The molecule has 0 aliphatic rings. The van der Waals surface area contributed by atoms with E-state index in [1.165, 1.54) is 28.3 Å². The lowest BCUT2D eigenvalue weighted by molar-refractivity contribution is -0.142. The van der Waals surface area contributed by atoms with Gasteiger partial charge in [0.05, 0.1) is 40.5 Å². The fourth-order valence-electron chi connectivity index (χ4n) is 3.02. The number of fused-ring (bicyclic) bond motifs is 1. The molecule has 0 saturated heterocycles. The molecule has 0 fully saturated rings. The average Bonchev–Trinajstić information content (AvgIpc) is 3.32. The van der Waals surface area contributed by atoms with E-state index in [1.54, 1.807) is 13.3 Å². The molecule has 0 aromatic carbocycles. The van der Waals surface area contributed by atoms with Crippen LogP contribution in [0.4, 0.5) is 13.2 Å². The van der Waals surface area contributed by atoms with Crippen LogP contribution in [0.2, 0.25) is 0 Å². The number of aryl methyl sites for hydroxylation is 1. The third-order valence-electron chi connectivity index (χ3n) is 4.22. The van der Waals surface area contributed by atoms with Crippen molar-refractivity contribution >= 4 is 22.2 Å². The Bertz CT molecular complexity index is 1160. The normalized spacial score (nSPS) is 12.0. The van der Waals surface area contributed by atoms with Crippen molar-refractivity contribution in [3.05, 3.63) is 42.4 Å². The number of hydrogen-bond acceptors (Lipinski definition) is 5. The monoisotopic (exact) mass is 408 g/mol. The number of halogens is 3. The molecule has 0 bridgehead atoms. The highest BCUT2D eigenvalue weighted by Crippen LogP contribution is 2.37. The Hall–Kier alpha value is -3.01. The van der Waals surface area contributed by atoms with Gasteiger partial charge in [-0.05, 0) is 30.7 Å². The number of rotatable bonds is 4. The Balaban J connectivity index is 1.77. The molecular weight excluding hydrogens is 393 g/mol. The van der Waals surface area contributed by atoms with Gasteiger partial charge in [0.1, 0.15) is 6.54 Å². The van der Waals surface area contributed by atoms with Crippen molar-refractivity contribution in [2.24, 2.45) is 0 Å². The molecule has 4 rings (SSSR count). The van der Waals surface area contributed by atoms with Gasteiger partial charge in [-0.25, -0.2) is 4.98 Å². The van der Waals surface area contributed by atoms with Gasteiger partial charge < -0.3 is 9.84 Å². The molecule has 10 heteroatoms. The number of hydrogen-bond donors (Lipinski definition) is 1. The van der Waals surface area contributed by atoms with E-state index in [2.05, 4.69) is 10.1 Å². The Morgan fingerprint density at radius 3 is 2.71 bits per heavy atom. The van der Waals surface area contributed by atoms with Gasteiger partial charge in [-0.15, -0.1) is 0 Å². The molecule has 4 heterocycles. The van der Waals surface area contributed by atoms with E-state index >= 15 is 0 Å². The van der Waals surface area contributed by atoms with Crippen LogP contribution >= 0.6 is 11.3 Å². The zero-order valence-corrected chi connectivity index (χ0v) is 15.7. The first kappa shape index (κ1) is 18.4. The van der Waals surface area contributed by atoms with Crippen LogP contribution in [0.15, 0.2) is 36.8 Å². The van der Waals surface area contributed by atoms with E-state index in [-0.39, 0.29) is 5.88 Å². The third-order valence-corrected chi connectivity index (χ3v) is 5.29. The lowest BCUT2D eigenvalue weighted by atomic mass is 10.1. The highest BCUT2D eigenvalue weighted by atomic mass is 32.1. The van der Waals surface area contributed by atoms with E-state index in [0.717, 1.165) is 25.9 Å². The van der Waals surface area contributed by atoms with Gasteiger partial charge >= 0.3 is 6.18 Å². The van der Waals surface area contributed by atoms with Crippen LogP contribution in [0, 0.1) is 6.92 Å². The van der Waals surface area contributed by atoms with Crippen LogP contribution in [0.3, 0.4) is 0 Å². The molecule has 146 valence electrons. The molecule has 1 N–H and O–H groups in total. The highest BCUT2D eigenvalue weighted by Gasteiger charge is 2.28. The van der Waals surface area contributed by atoms with Gasteiger partial charge in [-0.2, -0.15) is 18.3 Å². The SMILES string of the molecule is COc1ccc(-c2cc(C)c3c(O)n(-c4cnn(CC(F)(F)F)c4)cc3n2)s1. The van der Waals surface area contributed by atoms with Gasteiger partial charge in [-0.3, -0.25) is 9.25 Å². The fourth-order valence-corrected chi connectivity index (χ4v) is 3.80. The lowest BCUT2D eigenvalue weighted by Crippen LogP contribution is -2.17. The van der Waals surface area contributed by atoms with E-state index in [1.807, 2.05) is 25.1 Å². The van der Waals surface area contributed by atoms with Crippen molar-refractivity contribution in [1.29, 1.82) is 0 Å². The summed E-state index contributed by atoms with van der Waals surface area (Å²) in [5.74, 6) is -0.0955. The second-order valence-electron chi connectivity index (χ2n) is 6.24. The van der Waals surface area contributed by atoms with E-state index in [4.69, 9.17) is 4.74 Å². The Kier molecular flexibility index (Phi) is 4.30. The summed E-state index contributed by atoms with van der Waals surface area (Å²) in [6.45, 7) is 0.645.